The van der Waals surface area contributed by atoms with E-state index in [9.17, 15) is 4.79 Å². The fraction of sp³-hybridized carbons (Fsp3) is 0.303. The van der Waals surface area contributed by atoms with Crippen LogP contribution in [0.5, 0.6) is 0 Å². The van der Waals surface area contributed by atoms with Crippen molar-refractivity contribution in [2.45, 2.75) is 20.3 Å². The average molecular weight is 587 g/mol. The van der Waals surface area contributed by atoms with E-state index in [-0.39, 0.29) is 29.8 Å². The molecular formula is C33H36F2N6O2. The molecule has 0 atom stereocenters. The van der Waals surface area contributed by atoms with Gasteiger partial charge < -0.3 is 20.6 Å². The van der Waals surface area contributed by atoms with Crippen molar-refractivity contribution < 1.29 is 18.7 Å². The Morgan fingerprint density at radius 1 is 1.05 bits per heavy atom. The van der Waals surface area contributed by atoms with Gasteiger partial charge in [-0.1, -0.05) is 50.8 Å². The third-order valence-corrected chi connectivity index (χ3v) is 7.46. The summed E-state index contributed by atoms with van der Waals surface area (Å²) in [4.78, 5) is 25.5. The van der Waals surface area contributed by atoms with Gasteiger partial charge in [0.25, 0.3) is 5.91 Å². The Balaban J connectivity index is 1.37. The van der Waals surface area contributed by atoms with Crippen LogP contribution in [0.2, 0.25) is 0 Å². The van der Waals surface area contributed by atoms with Crippen molar-refractivity contribution in [2.75, 3.05) is 54.9 Å². The molecule has 224 valence electrons. The van der Waals surface area contributed by atoms with Crippen LogP contribution in [0.25, 0.3) is 22.0 Å². The van der Waals surface area contributed by atoms with Gasteiger partial charge >= 0.3 is 0 Å². The number of amides is 1. The molecule has 1 amide bonds. The number of aromatic nitrogens is 2. The van der Waals surface area contributed by atoms with Crippen LogP contribution < -0.4 is 15.5 Å². The van der Waals surface area contributed by atoms with Crippen molar-refractivity contribution >= 4 is 39.8 Å². The van der Waals surface area contributed by atoms with Gasteiger partial charge in [0.05, 0.1) is 23.5 Å². The zero-order valence-corrected chi connectivity index (χ0v) is 24.4. The summed E-state index contributed by atoms with van der Waals surface area (Å²) in [6.45, 7) is 11.0. The van der Waals surface area contributed by atoms with E-state index in [0.717, 1.165) is 16.5 Å². The van der Waals surface area contributed by atoms with Crippen LogP contribution in [0.3, 0.4) is 0 Å². The number of rotatable bonds is 10. The van der Waals surface area contributed by atoms with E-state index in [1.807, 2.05) is 61.2 Å². The molecule has 1 saturated heterocycles. The molecule has 4 aromatic rings. The van der Waals surface area contributed by atoms with E-state index in [4.69, 9.17) is 5.11 Å². The molecule has 5 rings (SSSR count). The SMILES string of the molecule is C=C(CC(C)C)C(=O)Nc1cccc(-c2cccc3cnc(Nc4ccc(N5CCN(CCO)CC5)c(F)c4F)nc23)c1. The van der Waals surface area contributed by atoms with E-state index < -0.39 is 11.6 Å². The number of benzene rings is 3. The number of aliphatic hydroxyl groups excluding tert-OH is 1. The topological polar surface area (TPSA) is 93.6 Å². The number of anilines is 4. The standard InChI is InChI=1S/C33H36F2N6O2/c1-21(2)18-22(3)32(43)37-25-8-4-6-23(19-25)26-9-5-7-24-20-36-33(39-31(24)26)38-27-10-11-28(30(35)29(27)34)41-14-12-40(13-15-41)16-17-42/h4-11,19-21,42H,3,12-18H2,1-2H3,(H,37,43)(H,36,38,39). The molecule has 0 unspecified atom stereocenters. The first-order valence-electron chi connectivity index (χ1n) is 14.4. The van der Waals surface area contributed by atoms with Crippen LogP contribution in [-0.2, 0) is 4.79 Å². The molecule has 8 nitrogen and oxygen atoms in total. The molecule has 0 radical (unpaired) electrons. The maximum atomic E-state index is 15.2. The summed E-state index contributed by atoms with van der Waals surface area (Å²) in [7, 11) is 0. The molecule has 1 aliphatic heterocycles. The molecule has 3 aromatic carbocycles. The molecule has 43 heavy (non-hydrogen) atoms. The summed E-state index contributed by atoms with van der Waals surface area (Å²) in [6, 6.07) is 16.2. The number of β-amino-alcohol motifs (C(OH)–C–C–N with tert-alkyl or cyclic N) is 1. The number of nitrogens with one attached hydrogen (secondary N) is 2. The normalized spacial score (nSPS) is 13.9. The lowest BCUT2D eigenvalue weighted by Crippen LogP contribution is -2.47. The van der Waals surface area contributed by atoms with Crippen LogP contribution >= 0.6 is 0 Å². The summed E-state index contributed by atoms with van der Waals surface area (Å²) >= 11 is 0. The number of hydrogen-bond donors (Lipinski definition) is 3. The molecule has 0 spiro atoms. The van der Waals surface area contributed by atoms with E-state index in [1.165, 1.54) is 6.07 Å². The maximum Gasteiger partial charge on any atom is 0.250 e. The highest BCUT2D eigenvalue weighted by Crippen LogP contribution is 2.32. The van der Waals surface area contributed by atoms with Crippen LogP contribution in [0.15, 0.2) is 72.9 Å². The van der Waals surface area contributed by atoms with Crippen LogP contribution in [0.4, 0.5) is 31.8 Å². The second kappa shape index (κ2) is 13.3. The Kier molecular flexibility index (Phi) is 9.27. The molecule has 1 aliphatic rings. The van der Waals surface area contributed by atoms with Gasteiger partial charge in [-0.3, -0.25) is 9.69 Å². The number of aliphatic hydroxyl groups is 1. The van der Waals surface area contributed by atoms with Gasteiger partial charge in [-0.15, -0.1) is 0 Å². The summed E-state index contributed by atoms with van der Waals surface area (Å²) in [5.74, 6) is -1.71. The van der Waals surface area contributed by atoms with Gasteiger partial charge in [-0.2, -0.15) is 0 Å². The Morgan fingerprint density at radius 3 is 2.56 bits per heavy atom. The predicted octanol–water partition coefficient (Wildman–Crippen LogP) is 5.97. The Morgan fingerprint density at radius 2 is 1.81 bits per heavy atom. The fourth-order valence-corrected chi connectivity index (χ4v) is 5.27. The number of fused-ring (bicyclic) bond motifs is 1. The second-order valence-corrected chi connectivity index (χ2v) is 11.1. The molecule has 10 heteroatoms. The lowest BCUT2D eigenvalue weighted by molar-refractivity contribution is -0.113. The van der Waals surface area contributed by atoms with Crippen molar-refractivity contribution in [1.82, 2.24) is 14.9 Å². The number of piperazine rings is 1. The van der Waals surface area contributed by atoms with E-state index in [2.05, 4.69) is 32.1 Å². The van der Waals surface area contributed by atoms with Crippen molar-refractivity contribution in [1.29, 1.82) is 0 Å². The zero-order chi connectivity index (χ0) is 30.5. The first kappa shape index (κ1) is 30.1. The minimum atomic E-state index is -1.00. The Hall–Kier alpha value is -4.41. The Labute approximate surface area is 250 Å². The highest BCUT2D eigenvalue weighted by atomic mass is 19.2. The number of carbonyl (C=O) groups excluding carboxylic acids is 1. The first-order chi connectivity index (χ1) is 20.7. The number of halogens is 2. The number of carbonyl (C=O) groups is 1. The molecule has 0 bridgehead atoms. The minimum absolute atomic E-state index is 0.0664. The number of hydrogen-bond acceptors (Lipinski definition) is 7. The summed E-state index contributed by atoms with van der Waals surface area (Å²) in [5, 5.41) is 15.7. The zero-order valence-electron chi connectivity index (χ0n) is 24.4. The molecule has 0 saturated carbocycles. The van der Waals surface area contributed by atoms with Crippen molar-refractivity contribution in [3.8, 4) is 11.1 Å². The molecule has 3 N–H and O–H groups in total. The molecule has 2 heterocycles. The van der Waals surface area contributed by atoms with Gasteiger partial charge in [-0.25, -0.2) is 18.7 Å². The highest BCUT2D eigenvalue weighted by molar-refractivity contribution is 6.04. The van der Waals surface area contributed by atoms with Crippen LogP contribution in [-0.4, -0.2) is 65.2 Å². The van der Waals surface area contributed by atoms with Gasteiger partial charge in [0.2, 0.25) is 5.95 Å². The lowest BCUT2D eigenvalue weighted by Gasteiger charge is -2.36. The van der Waals surface area contributed by atoms with Crippen molar-refractivity contribution in [3.05, 3.63) is 84.6 Å². The fourth-order valence-electron chi connectivity index (χ4n) is 5.27. The van der Waals surface area contributed by atoms with Gasteiger partial charge in [0.1, 0.15) is 0 Å². The van der Waals surface area contributed by atoms with Crippen LogP contribution in [0, 0.1) is 17.6 Å². The Bertz CT molecular complexity index is 1640. The average Bonchev–Trinajstić information content (AvgIpc) is 3.00. The van der Waals surface area contributed by atoms with E-state index in [1.54, 1.807) is 12.3 Å². The monoisotopic (exact) mass is 586 g/mol. The van der Waals surface area contributed by atoms with Crippen molar-refractivity contribution in [3.63, 3.8) is 0 Å². The third kappa shape index (κ3) is 6.98. The van der Waals surface area contributed by atoms with E-state index >= 15 is 8.78 Å². The predicted molar refractivity (Wildman–Crippen MR) is 168 cm³/mol. The maximum absolute atomic E-state index is 15.2. The molecule has 0 aliphatic carbocycles. The molecule has 1 aromatic heterocycles. The number of nitrogens with zero attached hydrogens (tertiary/aromatic N) is 4. The van der Waals surface area contributed by atoms with E-state index in [0.29, 0.717) is 61.8 Å². The molecule has 1 fully saturated rings. The third-order valence-electron chi connectivity index (χ3n) is 7.46. The van der Waals surface area contributed by atoms with Gasteiger partial charge in [-0.05, 0) is 42.2 Å². The van der Waals surface area contributed by atoms with Gasteiger partial charge in [0, 0.05) is 61.1 Å². The minimum Gasteiger partial charge on any atom is -0.395 e. The van der Waals surface area contributed by atoms with Crippen LogP contribution in [0.1, 0.15) is 20.3 Å². The van der Waals surface area contributed by atoms with Gasteiger partial charge in [0.15, 0.2) is 11.6 Å². The lowest BCUT2D eigenvalue weighted by atomic mass is 10.0. The summed E-state index contributed by atoms with van der Waals surface area (Å²) in [5.41, 5.74) is 3.52. The molecular weight excluding hydrogens is 550 g/mol. The first-order valence-corrected chi connectivity index (χ1v) is 14.4. The summed E-state index contributed by atoms with van der Waals surface area (Å²) < 4.78 is 30.4. The number of para-hydroxylation sites is 1. The smallest absolute Gasteiger partial charge is 0.250 e. The largest absolute Gasteiger partial charge is 0.395 e. The summed E-state index contributed by atoms with van der Waals surface area (Å²) in [6.07, 6.45) is 2.24. The highest BCUT2D eigenvalue weighted by Gasteiger charge is 2.23. The quantitative estimate of drug-likeness (QED) is 0.197. The second-order valence-electron chi connectivity index (χ2n) is 11.1. The van der Waals surface area contributed by atoms with Crippen molar-refractivity contribution in [2.24, 2.45) is 5.92 Å².